The molecule has 0 radical (unpaired) electrons. The Morgan fingerprint density at radius 1 is 1.25 bits per heavy atom. The molecule has 1 aromatic carbocycles. The minimum absolute atomic E-state index is 0.0658. The van der Waals surface area contributed by atoms with Gasteiger partial charge < -0.3 is 15.1 Å². The Morgan fingerprint density at radius 3 is 2.35 bits per heavy atom. The van der Waals surface area contributed by atoms with Crippen LogP contribution in [-0.4, -0.2) is 28.7 Å². The van der Waals surface area contributed by atoms with E-state index in [-0.39, 0.29) is 11.2 Å². The molecule has 0 aliphatic rings. The molecule has 112 valence electrons. The van der Waals surface area contributed by atoms with E-state index in [1.165, 1.54) is 19.4 Å². The lowest BCUT2D eigenvalue weighted by Crippen LogP contribution is -2.37. The number of benzene rings is 1. The van der Waals surface area contributed by atoms with Gasteiger partial charge in [-0.1, -0.05) is 20.8 Å². The number of ether oxygens (including phenoxy) is 1. The van der Waals surface area contributed by atoms with Crippen LogP contribution in [0.2, 0.25) is 0 Å². The summed E-state index contributed by atoms with van der Waals surface area (Å²) < 4.78 is 6.02. The molecule has 1 N–H and O–H groups in total. The highest BCUT2D eigenvalue weighted by atomic mass is 16.5. The number of hydrogen-bond donors (Lipinski definition) is 1. The van der Waals surface area contributed by atoms with E-state index >= 15 is 0 Å². The van der Waals surface area contributed by atoms with Gasteiger partial charge in [0.15, 0.2) is 23.3 Å². The summed E-state index contributed by atoms with van der Waals surface area (Å²) in [5, 5.41) is 21.9. The summed E-state index contributed by atoms with van der Waals surface area (Å²) in [6.45, 7) is 10.2. The first-order chi connectivity index (χ1) is 9.05. The number of methoxy groups -OCH3 is 1. The molecule has 0 saturated carbocycles. The molecular formula is C16H25NO3. The average Bonchev–Trinajstić information content (AvgIpc) is 2.28. The predicted molar refractivity (Wildman–Crippen MR) is 81.6 cm³/mol. The van der Waals surface area contributed by atoms with Gasteiger partial charge in [0.05, 0.1) is 7.11 Å². The monoisotopic (exact) mass is 279 g/mol. The Balaban J connectivity index is 3.04. The van der Waals surface area contributed by atoms with Gasteiger partial charge in [-0.25, -0.2) is 4.74 Å². The average molecular weight is 279 g/mol. The van der Waals surface area contributed by atoms with Crippen LogP contribution in [0.5, 0.6) is 11.5 Å². The summed E-state index contributed by atoms with van der Waals surface area (Å²) in [6.07, 6.45) is 2.31. The largest absolute Gasteiger partial charge is 0.623 e. The molecule has 0 fully saturated rings. The Kier molecular flexibility index (Phi) is 4.69. The first kappa shape index (κ1) is 16.3. The van der Waals surface area contributed by atoms with Crippen LogP contribution in [0.1, 0.15) is 46.6 Å². The van der Waals surface area contributed by atoms with Gasteiger partial charge in [-0.3, -0.25) is 0 Å². The van der Waals surface area contributed by atoms with Crippen molar-refractivity contribution in [2.75, 3.05) is 7.11 Å². The zero-order chi connectivity index (χ0) is 15.6. The molecule has 0 aromatic heterocycles. The summed E-state index contributed by atoms with van der Waals surface area (Å²) in [5.41, 5.74) is 0.285. The fourth-order valence-corrected chi connectivity index (χ4v) is 2.46. The van der Waals surface area contributed by atoms with Crippen LogP contribution in [0.25, 0.3) is 0 Å². The number of phenolic OH excluding ortho intramolecular Hbond substituents is 1. The fraction of sp³-hybridized carbons (Fsp3) is 0.562. The van der Waals surface area contributed by atoms with Crippen molar-refractivity contribution in [1.29, 1.82) is 0 Å². The number of hydrogen-bond acceptors (Lipinski definition) is 3. The van der Waals surface area contributed by atoms with Gasteiger partial charge in [0.2, 0.25) is 0 Å². The van der Waals surface area contributed by atoms with Crippen LogP contribution in [0.15, 0.2) is 18.2 Å². The summed E-state index contributed by atoms with van der Waals surface area (Å²) in [6, 6.07) is 4.86. The highest BCUT2D eigenvalue weighted by molar-refractivity contribution is 5.77. The standard InChI is InChI=1S/C16H25NO3/c1-15(2,3)11-16(4,5)17(19)10-12-7-8-13(18)14(9-12)20-6/h7-10,18H,11H2,1-6H3/b17-10+. The Morgan fingerprint density at radius 2 is 1.85 bits per heavy atom. The first-order valence-electron chi connectivity index (χ1n) is 6.73. The molecule has 0 amide bonds. The molecule has 0 atom stereocenters. The maximum Gasteiger partial charge on any atom is 0.182 e. The van der Waals surface area contributed by atoms with Crippen LogP contribution in [0.3, 0.4) is 0 Å². The van der Waals surface area contributed by atoms with Crippen molar-refractivity contribution >= 4 is 6.21 Å². The molecule has 1 rings (SSSR count). The lowest BCUT2D eigenvalue weighted by atomic mass is 9.82. The molecule has 1 aromatic rings. The molecule has 4 nitrogen and oxygen atoms in total. The molecule has 0 unspecified atom stereocenters. The zero-order valence-corrected chi connectivity index (χ0v) is 13.2. The third-order valence-electron chi connectivity index (χ3n) is 3.03. The third-order valence-corrected chi connectivity index (χ3v) is 3.03. The Labute approximate surface area is 121 Å². The molecular weight excluding hydrogens is 254 g/mol. The maximum atomic E-state index is 12.4. The van der Waals surface area contributed by atoms with Crippen LogP contribution in [0, 0.1) is 10.6 Å². The van der Waals surface area contributed by atoms with Crippen LogP contribution in [-0.2, 0) is 0 Å². The van der Waals surface area contributed by atoms with Gasteiger partial charge >= 0.3 is 0 Å². The van der Waals surface area contributed by atoms with Crippen molar-refractivity contribution in [3.63, 3.8) is 0 Å². The fourth-order valence-electron chi connectivity index (χ4n) is 2.46. The number of phenols is 1. The van der Waals surface area contributed by atoms with E-state index in [0.717, 1.165) is 11.2 Å². The Bertz CT molecular complexity index is 499. The van der Waals surface area contributed by atoms with E-state index in [9.17, 15) is 10.3 Å². The van der Waals surface area contributed by atoms with Crippen molar-refractivity contribution < 1.29 is 14.6 Å². The topological polar surface area (TPSA) is 55.5 Å². The van der Waals surface area contributed by atoms with Gasteiger partial charge in [0.25, 0.3) is 0 Å². The number of aromatic hydroxyl groups is 1. The van der Waals surface area contributed by atoms with Crippen molar-refractivity contribution in [1.82, 2.24) is 0 Å². The highest BCUT2D eigenvalue weighted by Gasteiger charge is 2.32. The number of rotatable bonds is 4. The van der Waals surface area contributed by atoms with E-state index in [0.29, 0.717) is 11.3 Å². The van der Waals surface area contributed by atoms with Gasteiger partial charge in [-0.15, -0.1) is 0 Å². The third kappa shape index (κ3) is 4.44. The quantitative estimate of drug-likeness (QED) is 0.397. The van der Waals surface area contributed by atoms with Crippen molar-refractivity contribution in [2.45, 2.75) is 46.6 Å². The predicted octanol–water partition coefficient (Wildman–Crippen LogP) is 3.54. The normalized spacial score (nSPS) is 13.4. The lowest BCUT2D eigenvalue weighted by Gasteiger charge is -2.30. The zero-order valence-electron chi connectivity index (χ0n) is 13.2. The second-order valence-electron chi connectivity index (χ2n) is 6.94. The van der Waals surface area contributed by atoms with Gasteiger partial charge in [0.1, 0.15) is 0 Å². The second-order valence-corrected chi connectivity index (χ2v) is 6.94. The van der Waals surface area contributed by atoms with Crippen LogP contribution in [0.4, 0.5) is 0 Å². The van der Waals surface area contributed by atoms with E-state index in [4.69, 9.17) is 4.74 Å². The molecule has 0 spiro atoms. The first-order valence-corrected chi connectivity index (χ1v) is 6.73. The van der Waals surface area contributed by atoms with Crippen molar-refractivity contribution in [3.05, 3.63) is 29.0 Å². The van der Waals surface area contributed by atoms with Gasteiger partial charge in [0, 0.05) is 25.8 Å². The summed E-state index contributed by atoms with van der Waals surface area (Å²) in [7, 11) is 1.48. The summed E-state index contributed by atoms with van der Waals surface area (Å²) in [4.78, 5) is 0. The minimum Gasteiger partial charge on any atom is -0.623 e. The molecule has 0 heterocycles. The summed E-state index contributed by atoms with van der Waals surface area (Å²) in [5.74, 6) is 0.428. The maximum absolute atomic E-state index is 12.4. The van der Waals surface area contributed by atoms with Crippen molar-refractivity contribution in [3.8, 4) is 11.5 Å². The highest BCUT2D eigenvalue weighted by Crippen LogP contribution is 2.29. The SMILES string of the molecule is COc1cc(/C=[N+](/[O-])C(C)(C)CC(C)(C)C)ccc1O. The van der Waals surface area contributed by atoms with Gasteiger partial charge in [-0.05, 0) is 23.6 Å². The van der Waals surface area contributed by atoms with E-state index in [1.807, 2.05) is 13.8 Å². The van der Waals surface area contributed by atoms with E-state index in [2.05, 4.69) is 20.8 Å². The van der Waals surface area contributed by atoms with Gasteiger partial charge in [-0.2, -0.15) is 0 Å². The molecule has 4 heteroatoms. The van der Waals surface area contributed by atoms with Crippen molar-refractivity contribution in [2.24, 2.45) is 5.41 Å². The van der Waals surface area contributed by atoms with E-state index in [1.54, 1.807) is 12.1 Å². The minimum atomic E-state index is -0.497. The summed E-state index contributed by atoms with van der Waals surface area (Å²) >= 11 is 0. The molecule has 0 aliphatic carbocycles. The lowest BCUT2D eigenvalue weighted by molar-refractivity contribution is -0.540. The number of nitrogens with zero attached hydrogens (tertiary/aromatic N) is 1. The Hall–Kier alpha value is -1.71. The van der Waals surface area contributed by atoms with Crippen LogP contribution < -0.4 is 4.74 Å². The van der Waals surface area contributed by atoms with E-state index < -0.39 is 5.54 Å². The molecule has 0 saturated heterocycles. The smallest absolute Gasteiger partial charge is 0.182 e. The van der Waals surface area contributed by atoms with Crippen LogP contribution >= 0.6 is 0 Å². The molecule has 0 aliphatic heterocycles. The molecule has 0 bridgehead atoms. The number of hydroxylamine groups is 1. The second kappa shape index (κ2) is 5.73. The molecule has 20 heavy (non-hydrogen) atoms.